The number of aromatic amines is 2. The number of anilines is 1. The number of H-pyrrole nitrogens is 2. The minimum atomic E-state index is -2.01. The Morgan fingerprint density at radius 2 is 1.95 bits per heavy atom. The zero-order chi connectivity index (χ0) is 31.5. The van der Waals surface area contributed by atoms with E-state index in [-0.39, 0.29) is 22.9 Å². The van der Waals surface area contributed by atoms with Crippen LogP contribution in [0.2, 0.25) is 18.1 Å². The molecule has 0 radical (unpaired) electrons. The van der Waals surface area contributed by atoms with Crippen molar-refractivity contribution >= 4 is 47.8 Å². The number of imidazole rings is 2. The van der Waals surface area contributed by atoms with Gasteiger partial charge in [0.1, 0.15) is 11.5 Å². The Morgan fingerprint density at radius 1 is 1.14 bits per heavy atom. The molecule has 3 heterocycles. The minimum absolute atomic E-state index is 0.0630. The molecule has 0 bridgehead atoms. The SMILES string of the molecule is Cc1cccc2[nH]c(CCC(=O)Nc3ccc4ccn(CC[C@H](CO[Si](C)(C)C(C)(C)C)NC(=O)c5cnc[nH]5)c4c3)nc12. The number of aryl methyl sites for hydroxylation is 3. The van der Waals surface area contributed by atoms with E-state index in [4.69, 9.17) is 4.43 Å². The number of carbonyl (C=O) groups excluding carboxylic acids is 2. The standard InChI is InChI=1S/C33H43N7O3Si/c1-22-8-7-9-26-31(22)39-29(38-26)12-13-30(41)36-24-11-10-23-14-16-40(28(23)18-24)17-15-25(20-43-44(5,6)33(2,3)4)37-32(42)27-19-34-21-35-27/h7-11,14,16,18-19,21,25H,12-13,15,17,20H2,1-6H3,(H,34,35)(H,36,41)(H,37,42)(H,38,39)/t25-/m1/s1. The van der Waals surface area contributed by atoms with Crippen LogP contribution in [-0.2, 0) is 22.2 Å². The van der Waals surface area contributed by atoms with Crippen LogP contribution < -0.4 is 10.6 Å². The van der Waals surface area contributed by atoms with Gasteiger partial charge in [-0.1, -0.05) is 39.0 Å². The molecular formula is C33H43N7O3Si. The third-order valence-electron chi connectivity index (χ3n) is 8.66. The number of hydrogen-bond acceptors (Lipinski definition) is 5. The van der Waals surface area contributed by atoms with Gasteiger partial charge in [-0.25, -0.2) is 9.97 Å². The van der Waals surface area contributed by atoms with Crippen molar-refractivity contribution in [1.29, 1.82) is 0 Å². The number of nitrogens with one attached hydrogen (secondary N) is 4. The van der Waals surface area contributed by atoms with Crippen molar-refractivity contribution < 1.29 is 14.0 Å². The normalized spacial score (nSPS) is 13.0. The Balaban J connectivity index is 1.23. The maximum absolute atomic E-state index is 12.9. The zero-order valence-corrected chi connectivity index (χ0v) is 27.5. The lowest BCUT2D eigenvalue weighted by atomic mass is 10.2. The van der Waals surface area contributed by atoms with Crippen LogP contribution in [0.1, 0.15) is 55.5 Å². The average Bonchev–Trinajstić information content (AvgIpc) is 3.73. The fourth-order valence-electron chi connectivity index (χ4n) is 4.92. The Morgan fingerprint density at radius 3 is 2.68 bits per heavy atom. The highest BCUT2D eigenvalue weighted by Crippen LogP contribution is 2.36. The van der Waals surface area contributed by atoms with Crippen molar-refractivity contribution in [2.24, 2.45) is 0 Å². The van der Waals surface area contributed by atoms with Gasteiger partial charge in [0.15, 0.2) is 8.32 Å². The van der Waals surface area contributed by atoms with E-state index in [0.29, 0.717) is 38.1 Å². The van der Waals surface area contributed by atoms with Gasteiger partial charge in [-0.2, -0.15) is 0 Å². The molecule has 3 aromatic heterocycles. The van der Waals surface area contributed by atoms with Crippen LogP contribution in [0.15, 0.2) is 61.2 Å². The van der Waals surface area contributed by atoms with Crippen molar-refractivity contribution in [3.05, 3.63) is 78.3 Å². The molecule has 0 aliphatic carbocycles. The van der Waals surface area contributed by atoms with E-state index >= 15 is 0 Å². The molecule has 1 atom stereocenters. The number of benzene rings is 2. The number of aromatic nitrogens is 5. The van der Waals surface area contributed by atoms with Crippen LogP contribution in [0.5, 0.6) is 0 Å². The first-order chi connectivity index (χ1) is 20.9. The Kier molecular flexibility index (Phi) is 9.07. The van der Waals surface area contributed by atoms with E-state index in [2.05, 4.69) is 75.1 Å². The molecule has 0 aliphatic heterocycles. The van der Waals surface area contributed by atoms with E-state index in [1.54, 1.807) is 0 Å². The molecule has 2 aromatic carbocycles. The predicted octanol–water partition coefficient (Wildman–Crippen LogP) is 6.33. The second-order valence-corrected chi connectivity index (χ2v) is 17.8. The van der Waals surface area contributed by atoms with Crippen LogP contribution in [0.25, 0.3) is 21.9 Å². The molecule has 0 saturated carbocycles. The van der Waals surface area contributed by atoms with Gasteiger partial charge in [-0.05, 0) is 66.7 Å². The molecular weight excluding hydrogens is 570 g/mol. The summed E-state index contributed by atoms with van der Waals surface area (Å²) in [5.74, 6) is 0.538. The number of fused-ring (bicyclic) bond motifs is 2. The lowest BCUT2D eigenvalue weighted by Gasteiger charge is -2.37. The summed E-state index contributed by atoms with van der Waals surface area (Å²) >= 11 is 0. The second kappa shape index (κ2) is 12.8. The van der Waals surface area contributed by atoms with Gasteiger partial charge < -0.3 is 29.6 Å². The van der Waals surface area contributed by atoms with E-state index < -0.39 is 8.32 Å². The molecule has 44 heavy (non-hydrogen) atoms. The van der Waals surface area contributed by atoms with Gasteiger partial charge in [-0.15, -0.1) is 0 Å². The van der Waals surface area contributed by atoms with Gasteiger partial charge in [0.2, 0.25) is 5.91 Å². The fraction of sp³-hybridized carbons (Fsp3) is 0.394. The molecule has 5 rings (SSSR count). The molecule has 232 valence electrons. The monoisotopic (exact) mass is 613 g/mol. The first kappa shape index (κ1) is 31.2. The fourth-order valence-corrected chi connectivity index (χ4v) is 5.97. The first-order valence-corrected chi connectivity index (χ1v) is 18.1. The van der Waals surface area contributed by atoms with E-state index in [9.17, 15) is 9.59 Å². The number of amides is 2. The molecule has 0 saturated heterocycles. The number of para-hydroxylation sites is 1. The second-order valence-electron chi connectivity index (χ2n) is 13.0. The van der Waals surface area contributed by atoms with Crippen molar-refractivity contribution in [1.82, 2.24) is 29.8 Å². The summed E-state index contributed by atoms with van der Waals surface area (Å²) in [7, 11) is -2.01. The first-order valence-electron chi connectivity index (χ1n) is 15.2. The van der Waals surface area contributed by atoms with Gasteiger partial charge >= 0.3 is 0 Å². The lowest BCUT2D eigenvalue weighted by Crippen LogP contribution is -2.46. The molecule has 0 aliphatic rings. The minimum Gasteiger partial charge on any atom is -0.415 e. The number of hydrogen-bond donors (Lipinski definition) is 4. The van der Waals surface area contributed by atoms with Crippen LogP contribution in [-0.4, -0.2) is 57.3 Å². The van der Waals surface area contributed by atoms with Crippen LogP contribution >= 0.6 is 0 Å². The summed E-state index contributed by atoms with van der Waals surface area (Å²) < 4.78 is 8.66. The molecule has 5 aromatic rings. The molecule has 0 spiro atoms. The number of carbonyl (C=O) groups is 2. The van der Waals surface area contributed by atoms with Crippen LogP contribution in [0.4, 0.5) is 5.69 Å². The number of rotatable bonds is 12. The molecule has 10 nitrogen and oxygen atoms in total. The summed E-state index contributed by atoms with van der Waals surface area (Å²) in [5.41, 5.74) is 5.22. The van der Waals surface area contributed by atoms with Gasteiger partial charge in [0, 0.05) is 31.3 Å². The van der Waals surface area contributed by atoms with Crippen LogP contribution in [0.3, 0.4) is 0 Å². The Labute approximate surface area is 259 Å². The molecule has 2 amide bonds. The van der Waals surface area contributed by atoms with Gasteiger partial charge in [-0.3, -0.25) is 9.59 Å². The third kappa shape index (κ3) is 7.28. The molecule has 11 heteroatoms. The average molecular weight is 614 g/mol. The maximum atomic E-state index is 12.9. The van der Waals surface area contributed by atoms with E-state index in [0.717, 1.165) is 39.0 Å². The maximum Gasteiger partial charge on any atom is 0.269 e. The van der Waals surface area contributed by atoms with Gasteiger partial charge in [0.05, 0.1) is 41.7 Å². The molecule has 0 unspecified atom stereocenters. The van der Waals surface area contributed by atoms with Crippen molar-refractivity contribution in [3.63, 3.8) is 0 Å². The summed E-state index contributed by atoms with van der Waals surface area (Å²) in [6.45, 7) is 14.2. The predicted molar refractivity (Wildman–Crippen MR) is 177 cm³/mol. The topological polar surface area (TPSA) is 130 Å². The van der Waals surface area contributed by atoms with Crippen LogP contribution in [0, 0.1) is 6.92 Å². The highest BCUT2D eigenvalue weighted by Gasteiger charge is 2.37. The Bertz CT molecular complexity index is 1750. The van der Waals surface area contributed by atoms with E-state index in [1.165, 1.54) is 12.5 Å². The van der Waals surface area contributed by atoms with Crippen molar-refractivity contribution in [2.75, 3.05) is 11.9 Å². The summed E-state index contributed by atoms with van der Waals surface area (Å²) in [6, 6.07) is 13.8. The van der Waals surface area contributed by atoms with Crippen molar-refractivity contribution in [3.8, 4) is 0 Å². The smallest absolute Gasteiger partial charge is 0.269 e. The quantitative estimate of drug-likeness (QED) is 0.122. The van der Waals surface area contributed by atoms with Crippen molar-refractivity contribution in [2.45, 2.75) is 77.7 Å². The highest BCUT2D eigenvalue weighted by molar-refractivity contribution is 6.74. The summed E-state index contributed by atoms with van der Waals surface area (Å²) in [6.07, 6.45) is 6.59. The Hall–Kier alpha value is -4.22. The largest absolute Gasteiger partial charge is 0.415 e. The zero-order valence-electron chi connectivity index (χ0n) is 26.5. The lowest BCUT2D eigenvalue weighted by molar-refractivity contribution is -0.116. The summed E-state index contributed by atoms with van der Waals surface area (Å²) in [4.78, 5) is 40.6. The molecule has 0 fully saturated rings. The highest BCUT2D eigenvalue weighted by atomic mass is 28.4. The molecule has 4 N–H and O–H groups in total. The third-order valence-corrected chi connectivity index (χ3v) is 13.2. The summed E-state index contributed by atoms with van der Waals surface area (Å²) in [5, 5.41) is 7.33. The number of nitrogens with zero attached hydrogens (tertiary/aromatic N) is 3. The van der Waals surface area contributed by atoms with E-state index in [1.807, 2.05) is 49.5 Å². The van der Waals surface area contributed by atoms with Gasteiger partial charge in [0.25, 0.3) is 5.91 Å².